The van der Waals surface area contributed by atoms with Crippen LogP contribution in [-0.4, -0.2) is 20.2 Å². The second kappa shape index (κ2) is 4.89. The van der Waals surface area contributed by atoms with Gasteiger partial charge in [-0.05, 0) is 44.6 Å². The summed E-state index contributed by atoms with van der Waals surface area (Å²) in [5, 5.41) is 11.7. The molecule has 0 amide bonds. The minimum atomic E-state index is -0.315. The standard InChI is InChI=1S/C13H8BrFN4/c14-11-8-10(15)6-7-12(11)19-13(16-17-18-19)9-4-2-1-3-5-9/h1-8H. The first kappa shape index (κ1) is 12.0. The van der Waals surface area contributed by atoms with Gasteiger partial charge in [-0.25, -0.2) is 4.39 Å². The number of rotatable bonds is 2. The average Bonchev–Trinajstić information content (AvgIpc) is 2.89. The van der Waals surface area contributed by atoms with Gasteiger partial charge in [0, 0.05) is 10.0 Å². The Kier molecular flexibility index (Phi) is 3.08. The normalized spacial score (nSPS) is 10.6. The van der Waals surface area contributed by atoms with Gasteiger partial charge in [-0.15, -0.1) is 5.10 Å². The predicted molar refractivity (Wildman–Crippen MR) is 72.2 cm³/mol. The van der Waals surface area contributed by atoms with Crippen molar-refractivity contribution in [2.75, 3.05) is 0 Å². The summed E-state index contributed by atoms with van der Waals surface area (Å²) in [6, 6.07) is 14.0. The van der Waals surface area contributed by atoms with Gasteiger partial charge in [-0.2, -0.15) is 4.68 Å². The van der Waals surface area contributed by atoms with Crippen LogP contribution in [0, 0.1) is 5.82 Å². The lowest BCUT2D eigenvalue weighted by Crippen LogP contribution is -2.01. The second-order valence-corrected chi connectivity index (χ2v) is 4.73. The SMILES string of the molecule is Fc1ccc(-n2nnnc2-c2ccccc2)c(Br)c1. The van der Waals surface area contributed by atoms with Gasteiger partial charge < -0.3 is 0 Å². The molecule has 0 aliphatic rings. The number of hydrogen-bond donors (Lipinski definition) is 0. The Labute approximate surface area is 117 Å². The van der Waals surface area contributed by atoms with Crippen molar-refractivity contribution in [3.05, 3.63) is 58.8 Å². The number of nitrogens with zero attached hydrogens (tertiary/aromatic N) is 4. The molecular formula is C13H8BrFN4. The third-order valence-electron chi connectivity index (χ3n) is 2.64. The molecule has 3 aromatic rings. The summed E-state index contributed by atoms with van der Waals surface area (Å²) in [5.74, 6) is 0.290. The Morgan fingerprint density at radius 3 is 2.58 bits per heavy atom. The van der Waals surface area contributed by atoms with Crippen molar-refractivity contribution >= 4 is 15.9 Å². The Morgan fingerprint density at radius 2 is 1.84 bits per heavy atom. The Morgan fingerprint density at radius 1 is 1.05 bits per heavy atom. The van der Waals surface area contributed by atoms with E-state index < -0.39 is 0 Å². The molecule has 2 aromatic carbocycles. The van der Waals surface area contributed by atoms with E-state index in [0.717, 1.165) is 5.56 Å². The van der Waals surface area contributed by atoms with Crippen LogP contribution in [0.15, 0.2) is 53.0 Å². The first-order valence-corrected chi connectivity index (χ1v) is 6.34. The van der Waals surface area contributed by atoms with Crippen LogP contribution in [0.2, 0.25) is 0 Å². The minimum absolute atomic E-state index is 0.315. The van der Waals surface area contributed by atoms with Gasteiger partial charge in [-0.3, -0.25) is 0 Å². The Hall–Kier alpha value is -2.08. The molecule has 0 saturated carbocycles. The van der Waals surface area contributed by atoms with Crippen LogP contribution in [-0.2, 0) is 0 Å². The summed E-state index contributed by atoms with van der Waals surface area (Å²) >= 11 is 3.32. The van der Waals surface area contributed by atoms with E-state index in [2.05, 4.69) is 31.5 Å². The van der Waals surface area contributed by atoms with Gasteiger partial charge in [0.1, 0.15) is 5.82 Å². The molecule has 0 N–H and O–H groups in total. The van der Waals surface area contributed by atoms with E-state index in [1.807, 2.05) is 30.3 Å². The molecule has 0 fully saturated rings. The molecule has 0 aliphatic carbocycles. The molecule has 94 valence electrons. The predicted octanol–water partition coefficient (Wildman–Crippen LogP) is 3.23. The van der Waals surface area contributed by atoms with E-state index in [1.165, 1.54) is 12.1 Å². The molecule has 3 rings (SSSR count). The summed E-state index contributed by atoms with van der Waals surface area (Å²) in [5.41, 5.74) is 1.58. The molecule has 4 nitrogen and oxygen atoms in total. The highest BCUT2D eigenvalue weighted by atomic mass is 79.9. The maximum Gasteiger partial charge on any atom is 0.187 e. The molecule has 1 aromatic heterocycles. The molecular weight excluding hydrogens is 311 g/mol. The van der Waals surface area contributed by atoms with Gasteiger partial charge in [-0.1, -0.05) is 30.3 Å². The summed E-state index contributed by atoms with van der Waals surface area (Å²) in [6.45, 7) is 0. The molecule has 0 unspecified atom stereocenters. The molecule has 19 heavy (non-hydrogen) atoms. The van der Waals surface area contributed by atoms with Gasteiger partial charge in [0.05, 0.1) is 5.69 Å². The Balaban J connectivity index is 2.15. The second-order valence-electron chi connectivity index (χ2n) is 3.88. The lowest BCUT2D eigenvalue weighted by molar-refractivity contribution is 0.625. The lowest BCUT2D eigenvalue weighted by atomic mass is 10.2. The largest absolute Gasteiger partial charge is 0.207 e. The van der Waals surface area contributed by atoms with Crippen molar-refractivity contribution in [1.29, 1.82) is 0 Å². The highest BCUT2D eigenvalue weighted by molar-refractivity contribution is 9.10. The number of benzene rings is 2. The van der Waals surface area contributed by atoms with Crippen LogP contribution in [0.25, 0.3) is 17.1 Å². The van der Waals surface area contributed by atoms with Gasteiger partial charge in [0.2, 0.25) is 0 Å². The summed E-state index contributed by atoms with van der Waals surface area (Å²) in [7, 11) is 0. The van der Waals surface area contributed by atoms with Crippen LogP contribution in [0.4, 0.5) is 4.39 Å². The topological polar surface area (TPSA) is 43.6 Å². The number of tetrazole rings is 1. The van der Waals surface area contributed by atoms with E-state index in [9.17, 15) is 4.39 Å². The molecule has 0 aliphatic heterocycles. The van der Waals surface area contributed by atoms with Crippen LogP contribution in [0.1, 0.15) is 0 Å². The average molecular weight is 319 g/mol. The smallest absolute Gasteiger partial charge is 0.187 e. The van der Waals surface area contributed by atoms with Crippen molar-refractivity contribution in [3.8, 4) is 17.1 Å². The van der Waals surface area contributed by atoms with E-state index in [4.69, 9.17) is 0 Å². The highest BCUT2D eigenvalue weighted by Crippen LogP contribution is 2.25. The van der Waals surface area contributed by atoms with Crippen LogP contribution in [0.5, 0.6) is 0 Å². The molecule has 0 radical (unpaired) electrons. The fourth-order valence-electron chi connectivity index (χ4n) is 1.77. The van der Waals surface area contributed by atoms with Gasteiger partial charge >= 0.3 is 0 Å². The van der Waals surface area contributed by atoms with Gasteiger partial charge in [0.15, 0.2) is 5.82 Å². The first-order chi connectivity index (χ1) is 9.25. The van der Waals surface area contributed by atoms with Crippen LogP contribution >= 0.6 is 15.9 Å². The fraction of sp³-hybridized carbons (Fsp3) is 0. The third kappa shape index (κ3) is 2.26. The maximum absolute atomic E-state index is 13.1. The molecule has 6 heteroatoms. The Bertz CT molecular complexity index is 712. The van der Waals surface area contributed by atoms with Crippen molar-refractivity contribution in [3.63, 3.8) is 0 Å². The van der Waals surface area contributed by atoms with Crippen molar-refractivity contribution in [1.82, 2.24) is 20.2 Å². The summed E-state index contributed by atoms with van der Waals surface area (Å²) in [4.78, 5) is 0. The molecule has 0 saturated heterocycles. The van der Waals surface area contributed by atoms with E-state index >= 15 is 0 Å². The minimum Gasteiger partial charge on any atom is -0.207 e. The zero-order chi connectivity index (χ0) is 13.2. The van der Waals surface area contributed by atoms with Gasteiger partial charge in [0.25, 0.3) is 0 Å². The van der Waals surface area contributed by atoms with E-state index in [1.54, 1.807) is 10.7 Å². The van der Waals surface area contributed by atoms with E-state index in [-0.39, 0.29) is 5.82 Å². The molecule has 0 atom stereocenters. The summed E-state index contributed by atoms with van der Waals surface area (Å²) < 4.78 is 15.3. The molecule has 0 bridgehead atoms. The highest BCUT2D eigenvalue weighted by Gasteiger charge is 2.13. The fourth-order valence-corrected chi connectivity index (χ4v) is 2.29. The number of hydrogen-bond acceptors (Lipinski definition) is 3. The quantitative estimate of drug-likeness (QED) is 0.728. The number of halogens is 2. The maximum atomic E-state index is 13.1. The molecule has 1 heterocycles. The summed E-state index contributed by atoms with van der Waals surface area (Å²) in [6.07, 6.45) is 0. The zero-order valence-electron chi connectivity index (χ0n) is 9.66. The molecule has 0 spiro atoms. The first-order valence-electron chi connectivity index (χ1n) is 5.55. The van der Waals surface area contributed by atoms with Crippen molar-refractivity contribution in [2.45, 2.75) is 0 Å². The van der Waals surface area contributed by atoms with Crippen LogP contribution < -0.4 is 0 Å². The van der Waals surface area contributed by atoms with Crippen molar-refractivity contribution in [2.24, 2.45) is 0 Å². The van der Waals surface area contributed by atoms with Crippen LogP contribution in [0.3, 0.4) is 0 Å². The van der Waals surface area contributed by atoms with Crippen molar-refractivity contribution < 1.29 is 4.39 Å². The third-order valence-corrected chi connectivity index (χ3v) is 3.27. The monoisotopic (exact) mass is 318 g/mol. The lowest BCUT2D eigenvalue weighted by Gasteiger charge is -2.06. The van der Waals surface area contributed by atoms with E-state index in [0.29, 0.717) is 16.0 Å². The zero-order valence-corrected chi connectivity index (χ0v) is 11.2. The number of aromatic nitrogens is 4.